The van der Waals surface area contributed by atoms with Crippen molar-refractivity contribution in [2.24, 2.45) is 21.9 Å². The topological polar surface area (TPSA) is 106 Å². The van der Waals surface area contributed by atoms with Gasteiger partial charge in [-0.05, 0) is 18.1 Å². The van der Waals surface area contributed by atoms with Crippen molar-refractivity contribution in [2.45, 2.75) is 26.1 Å². The van der Waals surface area contributed by atoms with Gasteiger partial charge in [-0.2, -0.15) is 5.10 Å². The fourth-order valence-electron chi connectivity index (χ4n) is 3.37. The summed E-state index contributed by atoms with van der Waals surface area (Å²) >= 11 is 0. The second-order valence-electron chi connectivity index (χ2n) is 7.04. The van der Waals surface area contributed by atoms with Gasteiger partial charge in [-0.25, -0.2) is 14.8 Å². The molecule has 3 aliphatic heterocycles. The Hall–Kier alpha value is -3.23. The van der Waals surface area contributed by atoms with Gasteiger partial charge < -0.3 is 10.6 Å². The summed E-state index contributed by atoms with van der Waals surface area (Å²) in [4.78, 5) is 42.7. The third-order valence-electron chi connectivity index (χ3n) is 4.83. The number of para-hydroxylation sites is 1. The highest BCUT2D eigenvalue weighted by Gasteiger charge is 2.43. The van der Waals surface area contributed by atoms with Crippen LogP contribution in [0.15, 0.2) is 40.4 Å². The molecule has 3 heterocycles. The number of aliphatic imine (C=N–C) groups is 1. The minimum absolute atomic E-state index is 0.0180. The van der Waals surface area contributed by atoms with Crippen molar-refractivity contribution in [3.63, 3.8) is 0 Å². The number of carbonyl (C=O) groups excluding carboxylic acids is 3. The Labute approximate surface area is 156 Å². The standard InChI is InChI=1S/C18H20N6O3/c1-10(2)14-17(26)23(18(27)22-14)9-13-20-15-12(16(25)21-13)8-19-24(15)11-6-4-3-5-7-11/h3-8,10,12,14-15H,9H2,1-2H3,(H,22,27)(H,20,21,25). The van der Waals surface area contributed by atoms with E-state index in [0.717, 1.165) is 10.6 Å². The number of nitrogens with zero attached hydrogens (tertiary/aromatic N) is 4. The Balaban J connectivity index is 1.57. The van der Waals surface area contributed by atoms with Gasteiger partial charge in [0.15, 0.2) is 6.17 Å². The molecule has 0 saturated carbocycles. The van der Waals surface area contributed by atoms with E-state index >= 15 is 0 Å². The molecule has 9 nitrogen and oxygen atoms in total. The van der Waals surface area contributed by atoms with E-state index in [4.69, 9.17) is 0 Å². The molecule has 1 fully saturated rings. The number of anilines is 1. The normalized spacial score (nSPS) is 27.0. The minimum Gasteiger partial charge on any atom is -0.326 e. The van der Waals surface area contributed by atoms with Crippen LogP contribution in [-0.4, -0.2) is 53.5 Å². The number of urea groups is 1. The van der Waals surface area contributed by atoms with E-state index in [0.29, 0.717) is 0 Å². The predicted molar refractivity (Wildman–Crippen MR) is 99.1 cm³/mol. The molecule has 3 atom stereocenters. The molecular weight excluding hydrogens is 348 g/mol. The number of hydrogen-bond acceptors (Lipinski definition) is 6. The smallest absolute Gasteiger partial charge is 0.325 e. The zero-order valence-electron chi connectivity index (χ0n) is 15.0. The summed E-state index contributed by atoms with van der Waals surface area (Å²) in [6.45, 7) is 3.65. The first-order valence-corrected chi connectivity index (χ1v) is 8.83. The highest BCUT2D eigenvalue weighted by atomic mass is 16.2. The van der Waals surface area contributed by atoms with Crippen molar-refractivity contribution in [2.75, 3.05) is 11.6 Å². The highest BCUT2D eigenvalue weighted by Crippen LogP contribution is 2.28. The van der Waals surface area contributed by atoms with E-state index in [1.54, 1.807) is 11.2 Å². The van der Waals surface area contributed by atoms with Crippen LogP contribution in [0.1, 0.15) is 13.8 Å². The van der Waals surface area contributed by atoms with E-state index in [1.165, 1.54) is 0 Å². The van der Waals surface area contributed by atoms with Crippen molar-refractivity contribution in [3.8, 4) is 0 Å². The number of amides is 4. The molecule has 0 spiro atoms. The third kappa shape index (κ3) is 2.94. The zero-order chi connectivity index (χ0) is 19.1. The monoisotopic (exact) mass is 368 g/mol. The third-order valence-corrected chi connectivity index (χ3v) is 4.83. The van der Waals surface area contributed by atoms with Crippen LogP contribution in [0, 0.1) is 11.8 Å². The molecule has 3 aliphatic rings. The Kier molecular flexibility index (Phi) is 4.14. The Bertz CT molecular complexity index is 850. The van der Waals surface area contributed by atoms with E-state index in [2.05, 4.69) is 20.7 Å². The quantitative estimate of drug-likeness (QED) is 0.757. The van der Waals surface area contributed by atoms with Crippen molar-refractivity contribution < 1.29 is 14.4 Å². The molecule has 0 radical (unpaired) electrons. The van der Waals surface area contributed by atoms with Gasteiger partial charge in [0, 0.05) is 6.21 Å². The number of nitrogens with one attached hydrogen (secondary N) is 2. The largest absolute Gasteiger partial charge is 0.326 e. The van der Waals surface area contributed by atoms with Crippen LogP contribution < -0.4 is 15.6 Å². The maximum absolute atomic E-state index is 12.5. The Morgan fingerprint density at radius 3 is 2.56 bits per heavy atom. The van der Waals surface area contributed by atoms with Crippen LogP contribution in [0.2, 0.25) is 0 Å². The summed E-state index contributed by atoms with van der Waals surface area (Å²) in [5.74, 6) is -0.812. The lowest BCUT2D eigenvalue weighted by molar-refractivity contribution is -0.128. The van der Waals surface area contributed by atoms with Crippen molar-refractivity contribution in [1.29, 1.82) is 0 Å². The van der Waals surface area contributed by atoms with E-state index in [1.807, 2.05) is 44.2 Å². The van der Waals surface area contributed by atoms with Gasteiger partial charge in [0.1, 0.15) is 17.8 Å². The maximum atomic E-state index is 12.5. The molecule has 0 bridgehead atoms. The van der Waals surface area contributed by atoms with E-state index < -0.39 is 24.2 Å². The number of benzene rings is 1. The van der Waals surface area contributed by atoms with Crippen LogP contribution >= 0.6 is 0 Å². The van der Waals surface area contributed by atoms with E-state index in [-0.39, 0.29) is 30.1 Å². The molecule has 140 valence electrons. The van der Waals surface area contributed by atoms with Crippen LogP contribution in [0.5, 0.6) is 0 Å². The number of hydrazone groups is 1. The van der Waals surface area contributed by atoms with Gasteiger partial charge in [0.05, 0.1) is 12.2 Å². The summed E-state index contributed by atoms with van der Waals surface area (Å²) in [5.41, 5.74) is 0.814. The lowest BCUT2D eigenvalue weighted by Gasteiger charge is -2.29. The molecular formula is C18H20N6O3. The molecule has 0 aromatic heterocycles. The SMILES string of the molecule is CC(C)C1NC(=O)N(CC2=NC3C(C=NN3c3ccccc3)C(=O)N2)C1=O. The summed E-state index contributed by atoms with van der Waals surface area (Å²) in [7, 11) is 0. The number of fused-ring (bicyclic) bond motifs is 1. The molecule has 2 N–H and O–H groups in total. The summed E-state index contributed by atoms with van der Waals surface area (Å²) in [6, 6.07) is 8.39. The summed E-state index contributed by atoms with van der Waals surface area (Å²) < 4.78 is 0. The highest BCUT2D eigenvalue weighted by molar-refractivity contribution is 6.12. The number of carbonyl (C=O) groups is 3. The first-order chi connectivity index (χ1) is 13.0. The van der Waals surface area contributed by atoms with Gasteiger partial charge in [0.2, 0.25) is 5.91 Å². The van der Waals surface area contributed by atoms with Gasteiger partial charge >= 0.3 is 6.03 Å². The van der Waals surface area contributed by atoms with E-state index in [9.17, 15) is 14.4 Å². The van der Waals surface area contributed by atoms with Gasteiger partial charge in [-0.3, -0.25) is 14.5 Å². The first kappa shape index (κ1) is 17.2. The number of amidine groups is 1. The average molecular weight is 368 g/mol. The van der Waals surface area contributed by atoms with Crippen molar-refractivity contribution in [3.05, 3.63) is 30.3 Å². The number of imide groups is 1. The molecule has 1 saturated heterocycles. The Morgan fingerprint density at radius 2 is 1.89 bits per heavy atom. The molecule has 0 aliphatic carbocycles. The molecule has 4 amide bonds. The minimum atomic E-state index is -0.555. The van der Waals surface area contributed by atoms with Crippen LogP contribution in [0.4, 0.5) is 10.5 Å². The van der Waals surface area contributed by atoms with Crippen LogP contribution in [0.25, 0.3) is 0 Å². The summed E-state index contributed by atoms with van der Waals surface area (Å²) in [5, 5.41) is 11.3. The first-order valence-electron chi connectivity index (χ1n) is 8.83. The molecule has 3 unspecified atom stereocenters. The van der Waals surface area contributed by atoms with Crippen LogP contribution in [-0.2, 0) is 9.59 Å². The maximum Gasteiger partial charge on any atom is 0.325 e. The van der Waals surface area contributed by atoms with Crippen LogP contribution in [0.3, 0.4) is 0 Å². The molecule has 1 aromatic rings. The van der Waals surface area contributed by atoms with Crippen molar-refractivity contribution >= 4 is 35.6 Å². The number of hydrogen-bond donors (Lipinski definition) is 2. The fraction of sp³-hybridized carbons (Fsp3) is 0.389. The lowest BCUT2D eigenvalue weighted by atomic mass is 10.0. The number of rotatable bonds is 4. The average Bonchev–Trinajstić information content (AvgIpc) is 3.19. The second kappa shape index (κ2) is 6.49. The van der Waals surface area contributed by atoms with Crippen molar-refractivity contribution in [1.82, 2.24) is 15.5 Å². The molecule has 4 rings (SSSR count). The fourth-order valence-corrected chi connectivity index (χ4v) is 3.37. The molecule has 9 heteroatoms. The predicted octanol–water partition coefficient (Wildman–Crippen LogP) is 0.539. The zero-order valence-corrected chi connectivity index (χ0v) is 15.0. The van der Waals surface area contributed by atoms with Gasteiger partial charge in [-0.15, -0.1) is 0 Å². The Morgan fingerprint density at radius 1 is 1.15 bits per heavy atom. The van der Waals surface area contributed by atoms with Gasteiger partial charge in [0.25, 0.3) is 5.91 Å². The lowest BCUT2D eigenvalue weighted by Crippen LogP contribution is -2.52. The summed E-state index contributed by atoms with van der Waals surface area (Å²) in [6.07, 6.45) is 1.04. The molecule has 27 heavy (non-hydrogen) atoms. The second-order valence-corrected chi connectivity index (χ2v) is 7.04. The molecule has 1 aromatic carbocycles. The van der Waals surface area contributed by atoms with Gasteiger partial charge in [-0.1, -0.05) is 32.0 Å².